The maximum absolute atomic E-state index is 13.7. The Hall–Kier alpha value is -2.84. The molecule has 0 radical (unpaired) electrons. The molecule has 9 heteroatoms. The number of benzene rings is 2. The molecule has 3 rings (SSSR count). The Morgan fingerprint density at radius 1 is 1.23 bits per heavy atom. The van der Waals surface area contributed by atoms with E-state index in [4.69, 9.17) is 30.5 Å². The van der Waals surface area contributed by atoms with Crippen LogP contribution in [0.15, 0.2) is 36.4 Å². The Balaban J connectivity index is 1.61. The molecule has 1 fully saturated rings. The third-order valence-electron chi connectivity index (χ3n) is 4.69. The van der Waals surface area contributed by atoms with Gasteiger partial charge in [-0.1, -0.05) is 11.6 Å². The molecule has 1 aliphatic rings. The lowest BCUT2D eigenvalue weighted by Gasteiger charge is -2.32. The van der Waals surface area contributed by atoms with Gasteiger partial charge in [-0.2, -0.15) is 0 Å². The summed E-state index contributed by atoms with van der Waals surface area (Å²) in [7, 11) is 2.99. The van der Waals surface area contributed by atoms with Crippen molar-refractivity contribution < 1.29 is 32.5 Å². The van der Waals surface area contributed by atoms with E-state index in [2.05, 4.69) is 0 Å². The average molecular weight is 454 g/mol. The number of nitrogens with zero attached hydrogens (tertiary/aromatic N) is 1. The number of halogens is 3. The van der Waals surface area contributed by atoms with Crippen LogP contribution in [0.5, 0.6) is 17.2 Å². The number of hydrogen-bond acceptors (Lipinski definition) is 5. The monoisotopic (exact) mass is 453 g/mol. The minimum Gasteiger partial charge on any atom is -0.493 e. The highest BCUT2D eigenvalue weighted by atomic mass is 35.5. The van der Waals surface area contributed by atoms with Gasteiger partial charge in [0, 0.05) is 18.7 Å². The SMILES string of the molecule is COc1ccc(/C=C/C(=O)N2CCOC(COc3cc(F)ccc3F)C2)c(Cl)c1OC. The molecule has 31 heavy (non-hydrogen) atoms. The first-order valence-corrected chi connectivity index (χ1v) is 9.87. The zero-order chi connectivity index (χ0) is 22.4. The summed E-state index contributed by atoms with van der Waals surface area (Å²) in [6.07, 6.45) is 2.52. The van der Waals surface area contributed by atoms with Crippen molar-refractivity contribution in [3.63, 3.8) is 0 Å². The van der Waals surface area contributed by atoms with Crippen LogP contribution in [0.4, 0.5) is 8.78 Å². The molecular weight excluding hydrogens is 432 g/mol. The summed E-state index contributed by atoms with van der Waals surface area (Å²) in [4.78, 5) is 14.2. The van der Waals surface area contributed by atoms with Crippen LogP contribution >= 0.6 is 11.6 Å². The van der Waals surface area contributed by atoms with Gasteiger partial charge in [-0.05, 0) is 35.9 Å². The van der Waals surface area contributed by atoms with Crippen molar-refractivity contribution in [2.75, 3.05) is 40.5 Å². The Bertz CT molecular complexity index is 969. The fourth-order valence-electron chi connectivity index (χ4n) is 3.09. The van der Waals surface area contributed by atoms with Crippen LogP contribution in [-0.4, -0.2) is 57.4 Å². The van der Waals surface area contributed by atoms with Gasteiger partial charge in [0.05, 0.1) is 32.4 Å². The molecule has 1 aliphatic heterocycles. The Kier molecular flexibility index (Phi) is 7.70. The van der Waals surface area contributed by atoms with E-state index in [0.717, 1.165) is 18.2 Å². The number of morpholine rings is 1. The van der Waals surface area contributed by atoms with Crippen LogP contribution in [0.25, 0.3) is 6.08 Å². The van der Waals surface area contributed by atoms with Crippen LogP contribution in [0.3, 0.4) is 0 Å². The molecule has 166 valence electrons. The smallest absolute Gasteiger partial charge is 0.246 e. The summed E-state index contributed by atoms with van der Waals surface area (Å²) in [6, 6.07) is 6.39. The van der Waals surface area contributed by atoms with Crippen LogP contribution in [0.1, 0.15) is 5.56 Å². The van der Waals surface area contributed by atoms with E-state index < -0.39 is 17.7 Å². The zero-order valence-electron chi connectivity index (χ0n) is 17.1. The van der Waals surface area contributed by atoms with Crippen LogP contribution in [0, 0.1) is 11.6 Å². The lowest BCUT2D eigenvalue weighted by atomic mass is 10.1. The first-order valence-electron chi connectivity index (χ1n) is 9.49. The second kappa shape index (κ2) is 10.5. The highest BCUT2D eigenvalue weighted by molar-refractivity contribution is 6.33. The molecule has 0 saturated carbocycles. The Labute approximate surface area is 183 Å². The maximum Gasteiger partial charge on any atom is 0.246 e. The summed E-state index contributed by atoms with van der Waals surface area (Å²) in [6.45, 7) is 0.930. The van der Waals surface area contributed by atoms with E-state index in [1.165, 1.54) is 20.3 Å². The molecule has 0 N–H and O–H groups in total. The van der Waals surface area contributed by atoms with Gasteiger partial charge in [-0.3, -0.25) is 4.79 Å². The molecule has 1 heterocycles. The van der Waals surface area contributed by atoms with E-state index in [1.807, 2.05) is 0 Å². The van der Waals surface area contributed by atoms with Crippen LogP contribution < -0.4 is 14.2 Å². The molecule has 0 spiro atoms. The molecule has 1 unspecified atom stereocenters. The van der Waals surface area contributed by atoms with Crippen molar-refractivity contribution in [3.05, 3.63) is 58.6 Å². The Morgan fingerprint density at radius 2 is 2.03 bits per heavy atom. The first-order chi connectivity index (χ1) is 14.9. The van der Waals surface area contributed by atoms with E-state index in [1.54, 1.807) is 23.1 Å². The van der Waals surface area contributed by atoms with Gasteiger partial charge < -0.3 is 23.8 Å². The maximum atomic E-state index is 13.7. The number of ether oxygens (including phenoxy) is 4. The van der Waals surface area contributed by atoms with Crippen molar-refractivity contribution in [3.8, 4) is 17.2 Å². The molecule has 2 aromatic rings. The predicted molar refractivity (Wildman–Crippen MR) is 112 cm³/mol. The van der Waals surface area contributed by atoms with Crippen molar-refractivity contribution in [1.82, 2.24) is 4.90 Å². The summed E-state index contributed by atoms with van der Waals surface area (Å²) < 4.78 is 48.3. The summed E-state index contributed by atoms with van der Waals surface area (Å²) in [5.41, 5.74) is 0.599. The normalized spacial score (nSPS) is 16.4. The number of carbonyl (C=O) groups is 1. The second-order valence-corrected chi connectivity index (χ2v) is 7.08. The topological polar surface area (TPSA) is 57.2 Å². The third kappa shape index (κ3) is 5.65. The van der Waals surface area contributed by atoms with Crippen molar-refractivity contribution in [2.24, 2.45) is 0 Å². The predicted octanol–water partition coefficient (Wildman–Crippen LogP) is 3.96. The minimum atomic E-state index is -0.667. The molecule has 0 aliphatic carbocycles. The van der Waals surface area contributed by atoms with Crippen LogP contribution in [0.2, 0.25) is 5.02 Å². The molecule has 1 amide bonds. The minimum absolute atomic E-state index is 0.0185. The summed E-state index contributed by atoms with van der Waals surface area (Å²) in [5.74, 6) is -0.837. The van der Waals surface area contributed by atoms with E-state index >= 15 is 0 Å². The third-order valence-corrected chi connectivity index (χ3v) is 5.08. The molecule has 6 nitrogen and oxygen atoms in total. The number of methoxy groups -OCH3 is 2. The van der Waals surface area contributed by atoms with Gasteiger partial charge in [0.1, 0.15) is 18.5 Å². The highest BCUT2D eigenvalue weighted by Crippen LogP contribution is 2.37. The molecular formula is C22H22ClF2NO5. The quantitative estimate of drug-likeness (QED) is 0.594. The molecule has 1 saturated heterocycles. The van der Waals surface area contributed by atoms with Gasteiger partial charge in [0.25, 0.3) is 0 Å². The van der Waals surface area contributed by atoms with Crippen molar-refractivity contribution >= 4 is 23.6 Å². The molecule has 1 atom stereocenters. The van der Waals surface area contributed by atoms with Gasteiger partial charge in [0.2, 0.25) is 5.91 Å². The largest absolute Gasteiger partial charge is 0.493 e. The number of hydrogen-bond donors (Lipinski definition) is 0. The van der Waals surface area contributed by atoms with Gasteiger partial charge in [-0.25, -0.2) is 8.78 Å². The standard InChI is InChI=1S/C22H22ClF2NO5/c1-28-18-7-3-14(21(23)22(18)29-2)4-8-20(27)26-9-10-30-16(12-26)13-31-19-11-15(24)5-6-17(19)25/h3-8,11,16H,9-10,12-13H2,1-2H3/b8-4+. The number of rotatable bonds is 7. The van der Waals surface area contributed by atoms with Crippen molar-refractivity contribution in [2.45, 2.75) is 6.10 Å². The van der Waals surface area contributed by atoms with E-state index in [-0.39, 0.29) is 24.8 Å². The number of amides is 1. The summed E-state index contributed by atoms with van der Waals surface area (Å²) >= 11 is 6.33. The average Bonchev–Trinajstić information content (AvgIpc) is 2.78. The highest BCUT2D eigenvalue weighted by Gasteiger charge is 2.24. The lowest BCUT2D eigenvalue weighted by molar-refractivity contribution is -0.134. The van der Waals surface area contributed by atoms with Crippen LogP contribution in [-0.2, 0) is 9.53 Å². The Morgan fingerprint density at radius 3 is 2.77 bits per heavy atom. The van der Waals surface area contributed by atoms with Gasteiger partial charge in [0.15, 0.2) is 23.1 Å². The molecule has 0 bridgehead atoms. The molecule has 2 aromatic carbocycles. The van der Waals surface area contributed by atoms with E-state index in [9.17, 15) is 13.6 Å². The number of carbonyl (C=O) groups excluding carboxylic acids is 1. The van der Waals surface area contributed by atoms with Gasteiger partial charge in [-0.15, -0.1) is 0 Å². The fourth-order valence-corrected chi connectivity index (χ4v) is 3.39. The fraction of sp³-hybridized carbons (Fsp3) is 0.318. The second-order valence-electron chi connectivity index (χ2n) is 6.70. The van der Waals surface area contributed by atoms with E-state index in [0.29, 0.717) is 35.2 Å². The zero-order valence-corrected chi connectivity index (χ0v) is 17.8. The molecule has 0 aromatic heterocycles. The van der Waals surface area contributed by atoms with Crippen molar-refractivity contribution in [1.29, 1.82) is 0 Å². The first kappa shape index (κ1) is 22.8. The summed E-state index contributed by atoms with van der Waals surface area (Å²) in [5, 5.41) is 0.330. The van der Waals surface area contributed by atoms with Gasteiger partial charge >= 0.3 is 0 Å². The lowest BCUT2D eigenvalue weighted by Crippen LogP contribution is -2.47.